The van der Waals surface area contributed by atoms with E-state index >= 15 is 0 Å². The minimum Gasteiger partial charge on any atom is -0.377 e. The van der Waals surface area contributed by atoms with Gasteiger partial charge in [-0.2, -0.15) is 0 Å². The lowest BCUT2D eigenvalue weighted by Gasteiger charge is -2.35. The fourth-order valence-corrected chi connectivity index (χ4v) is 3.40. The second-order valence-corrected chi connectivity index (χ2v) is 7.06. The van der Waals surface area contributed by atoms with Crippen LogP contribution in [-0.2, 0) is 0 Å². The standard InChI is InChI=1S/C17H23N3O3/c1-11-7-12(2)10-19(9-11)17(21)13-3-6-15(18-14-4-5-14)16(8-13)20(22)23/h3,6,8,11-12,14,18H,4-5,7,9-10H2,1-2H3/t11-,12-/m1/s1. The fourth-order valence-electron chi connectivity index (χ4n) is 3.40. The molecule has 1 aliphatic heterocycles. The smallest absolute Gasteiger partial charge is 0.293 e. The van der Waals surface area contributed by atoms with E-state index in [2.05, 4.69) is 19.2 Å². The molecule has 1 N–H and O–H groups in total. The van der Waals surface area contributed by atoms with E-state index in [0.29, 0.717) is 29.1 Å². The maximum atomic E-state index is 12.7. The summed E-state index contributed by atoms with van der Waals surface area (Å²) in [5.74, 6) is 0.825. The van der Waals surface area contributed by atoms with Crippen LogP contribution in [0.25, 0.3) is 0 Å². The number of hydrogen-bond donors (Lipinski definition) is 1. The lowest BCUT2D eigenvalue weighted by atomic mass is 9.91. The van der Waals surface area contributed by atoms with E-state index in [9.17, 15) is 14.9 Å². The van der Waals surface area contributed by atoms with Gasteiger partial charge in [0.2, 0.25) is 0 Å². The normalized spacial score (nSPS) is 24.3. The number of piperidine rings is 1. The van der Waals surface area contributed by atoms with Crippen molar-refractivity contribution in [2.45, 2.75) is 39.2 Å². The summed E-state index contributed by atoms with van der Waals surface area (Å²) in [6, 6.07) is 5.11. The van der Waals surface area contributed by atoms with Crippen molar-refractivity contribution < 1.29 is 9.72 Å². The van der Waals surface area contributed by atoms with Crippen LogP contribution in [0.2, 0.25) is 0 Å². The zero-order valence-corrected chi connectivity index (χ0v) is 13.6. The number of hydrogen-bond acceptors (Lipinski definition) is 4. The van der Waals surface area contributed by atoms with E-state index in [1.165, 1.54) is 6.07 Å². The first-order valence-electron chi connectivity index (χ1n) is 8.28. The minimum atomic E-state index is -0.414. The van der Waals surface area contributed by atoms with Crippen molar-refractivity contribution in [1.82, 2.24) is 4.90 Å². The van der Waals surface area contributed by atoms with Crippen molar-refractivity contribution in [2.75, 3.05) is 18.4 Å². The predicted octanol–water partition coefficient (Wildman–Crippen LogP) is 3.29. The molecule has 2 atom stereocenters. The van der Waals surface area contributed by atoms with E-state index < -0.39 is 4.92 Å². The van der Waals surface area contributed by atoms with E-state index in [4.69, 9.17) is 0 Å². The molecular formula is C17H23N3O3. The van der Waals surface area contributed by atoms with E-state index in [1.807, 2.05) is 4.90 Å². The lowest BCUT2D eigenvalue weighted by molar-refractivity contribution is -0.384. The zero-order valence-electron chi connectivity index (χ0n) is 13.6. The summed E-state index contributed by atoms with van der Waals surface area (Å²) in [6.07, 6.45) is 3.21. The van der Waals surface area contributed by atoms with Crippen LogP contribution in [-0.4, -0.2) is 34.9 Å². The lowest BCUT2D eigenvalue weighted by Crippen LogP contribution is -2.42. The largest absolute Gasteiger partial charge is 0.377 e. The van der Waals surface area contributed by atoms with Gasteiger partial charge in [0, 0.05) is 30.8 Å². The van der Waals surface area contributed by atoms with Crippen LogP contribution in [0, 0.1) is 22.0 Å². The van der Waals surface area contributed by atoms with Gasteiger partial charge in [0.05, 0.1) is 4.92 Å². The van der Waals surface area contributed by atoms with E-state index in [-0.39, 0.29) is 11.6 Å². The third kappa shape index (κ3) is 3.63. The Bertz CT molecular complexity index is 618. The molecule has 6 heteroatoms. The van der Waals surface area contributed by atoms with Crippen molar-refractivity contribution in [3.8, 4) is 0 Å². The first-order valence-corrected chi connectivity index (χ1v) is 8.28. The molecule has 6 nitrogen and oxygen atoms in total. The monoisotopic (exact) mass is 317 g/mol. The Morgan fingerprint density at radius 2 is 1.91 bits per heavy atom. The van der Waals surface area contributed by atoms with Crippen LogP contribution < -0.4 is 5.32 Å². The molecule has 23 heavy (non-hydrogen) atoms. The molecule has 1 saturated carbocycles. The Morgan fingerprint density at radius 1 is 1.26 bits per heavy atom. The van der Waals surface area contributed by atoms with Gasteiger partial charge in [-0.3, -0.25) is 14.9 Å². The van der Waals surface area contributed by atoms with Gasteiger partial charge >= 0.3 is 0 Å². The van der Waals surface area contributed by atoms with Gasteiger partial charge in [0.15, 0.2) is 0 Å². The van der Waals surface area contributed by atoms with Gasteiger partial charge < -0.3 is 10.2 Å². The summed E-state index contributed by atoms with van der Waals surface area (Å²) in [5.41, 5.74) is 0.898. The predicted molar refractivity (Wildman–Crippen MR) is 88.6 cm³/mol. The average Bonchev–Trinajstić information content (AvgIpc) is 3.29. The summed E-state index contributed by atoms with van der Waals surface area (Å²) in [4.78, 5) is 25.4. The number of likely N-dealkylation sites (tertiary alicyclic amines) is 1. The molecule has 0 bridgehead atoms. The van der Waals surface area contributed by atoms with E-state index in [1.54, 1.807) is 12.1 Å². The Labute approximate surface area is 136 Å². The summed E-state index contributed by atoms with van der Waals surface area (Å²) in [6.45, 7) is 5.72. The van der Waals surface area contributed by atoms with Gasteiger partial charge in [-0.25, -0.2) is 0 Å². The number of carbonyl (C=O) groups is 1. The van der Waals surface area contributed by atoms with Gasteiger partial charge in [0.25, 0.3) is 11.6 Å². The number of nitro groups is 1. The second kappa shape index (κ2) is 6.18. The molecule has 0 aromatic heterocycles. The SMILES string of the molecule is C[C@@H]1C[C@@H](C)CN(C(=O)c2ccc(NC3CC3)c([N+](=O)[O-])c2)C1. The first-order chi connectivity index (χ1) is 10.9. The maximum Gasteiger partial charge on any atom is 0.293 e. The fraction of sp³-hybridized carbons (Fsp3) is 0.588. The van der Waals surface area contributed by atoms with Gasteiger partial charge in [-0.1, -0.05) is 13.8 Å². The van der Waals surface area contributed by atoms with Gasteiger partial charge in [-0.05, 0) is 43.2 Å². The average molecular weight is 317 g/mol. The molecular weight excluding hydrogens is 294 g/mol. The summed E-state index contributed by atoms with van der Waals surface area (Å²) in [7, 11) is 0. The second-order valence-electron chi connectivity index (χ2n) is 7.06. The molecule has 0 spiro atoms. The minimum absolute atomic E-state index is 0.0131. The Hall–Kier alpha value is -2.11. The molecule has 0 unspecified atom stereocenters. The van der Waals surface area contributed by atoms with Crippen molar-refractivity contribution >= 4 is 17.3 Å². The highest BCUT2D eigenvalue weighted by Crippen LogP contribution is 2.32. The molecule has 1 heterocycles. The van der Waals surface area contributed by atoms with Crippen LogP contribution in [0.3, 0.4) is 0 Å². The number of nitrogens with one attached hydrogen (secondary N) is 1. The molecule has 1 amide bonds. The highest BCUT2D eigenvalue weighted by atomic mass is 16.6. The zero-order chi connectivity index (χ0) is 16.6. The number of nitrogens with zero attached hydrogens (tertiary/aromatic N) is 2. The maximum absolute atomic E-state index is 12.7. The quantitative estimate of drug-likeness (QED) is 0.683. The van der Waals surface area contributed by atoms with Crippen LogP contribution in [0.15, 0.2) is 18.2 Å². The number of nitro benzene ring substituents is 1. The van der Waals surface area contributed by atoms with Crippen molar-refractivity contribution in [3.63, 3.8) is 0 Å². The van der Waals surface area contributed by atoms with Crippen LogP contribution in [0.5, 0.6) is 0 Å². The highest BCUT2D eigenvalue weighted by Gasteiger charge is 2.29. The Balaban J connectivity index is 1.82. The molecule has 1 aromatic rings. The van der Waals surface area contributed by atoms with Gasteiger partial charge in [-0.15, -0.1) is 0 Å². The molecule has 2 fully saturated rings. The molecule has 3 rings (SSSR count). The van der Waals surface area contributed by atoms with Crippen molar-refractivity contribution in [1.29, 1.82) is 0 Å². The molecule has 1 saturated heterocycles. The summed E-state index contributed by atoms with van der Waals surface area (Å²) < 4.78 is 0. The number of benzene rings is 1. The van der Waals surface area contributed by atoms with Gasteiger partial charge in [0.1, 0.15) is 5.69 Å². The van der Waals surface area contributed by atoms with E-state index in [0.717, 1.165) is 32.4 Å². The topological polar surface area (TPSA) is 75.5 Å². The van der Waals surface area contributed by atoms with Crippen LogP contribution >= 0.6 is 0 Å². The highest BCUT2D eigenvalue weighted by molar-refractivity contribution is 5.95. The number of amides is 1. The molecule has 0 radical (unpaired) electrons. The third-order valence-electron chi connectivity index (χ3n) is 4.53. The molecule has 1 aliphatic carbocycles. The molecule has 2 aliphatic rings. The molecule has 124 valence electrons. The summed E-state index contributed by atoms with van der Waals surface area (Å²) in [5, 5.41) is 14.5. The Morgan fingerprint density at radius 3 is 2.48 bits per heavy atom. The first kappa shape index (κ1) is 15.8. The Kier molecular flexibility index (Phi) is 4.24. The van der Waals surface area contributed by atoms with Crippen molar-refractivity contribution in [3.05, 3.63) is 33.9 Å². The molecule has 1 aromatic carbocycles. The summed E-state index contributed by atoms with van der Waals surface area (Å²) >= 11 is 0. The third-order valence-corrected chi connectivity index (χ3v) is 4.53. The van der Waals surface area contributed by atoms with Crippen molar-refractivity contribution in [2.24, 2.45) is 11.8 Å². The number of carbonyl (C=O) groups excluding carboxylic acids is 1. The number of anilines is 1. The van der Waals surface area contributed by atoms with Crippen LogP contribution in [0.4, 0.5) is 11.4 Å². The number of rotatable bonds is 4. The van der Waals surface area contributed by atoms with Crippen LogP contribution in [0.1, 0.15) is 43.5 Å².